The summed E-state index contributed by atoms with van der Waals surface area (Å²) in [5, 5.41) is 3.65. The third-order valence-electron chi connectivity index (χ3n) is 4.49. The van der Waals surface area contributed by atoms with Gasteiger partial charge in [0, 0.05) is 0 Å². The molecule has 0 radical (unpaired) electrons. The maximum absolute atomic E-state index is 3.65. The summed E-state index contributed by atoms with van der Waals surface area (Å²) in [4.78, 5) is 0. The third kappa shape index (κ3) is 4.99. The largest absolute Gasteiger partial charge is 0.316 e. The zero-order chi connectivity index (χ0) is 13.3. The highest BCUT2D eigenvalue weighted by atomic mass is 14.9. The van der Waals surface area contributed by atoms with Crippen molar-refractivity contribution in [1.29, 1.82) is 0 Å². The van der Waals surface area contributed by atoms with Crippen LogP contribution in [-0.4, -0.2) is 13.1 Å². The summed E-state index contributed by atoms with van der Waals surface area (Å²) in [6.07, 6.45) is 9.68. The van der Waals surface area contributed by atoms with Gasteiger partial charge in [-0.25, -0.2) is 0 Å². The molecule has 1 nitrogen and oxygen atoms in total. The first-order chi connectivity index (χ1) is 9.40. The SMILES string of the molecule is CCCNCC1CCCCCC1Cc1ccccc1. The van der Waals surface area contributed by atoms with Gasteiger partial charge < -0.3 is 5.32 Å². The minimum Gasteiger partial charge on any atom is -0.316 e. The lowest BCUT2D eigenvalue weighted by molar-refractivity contribution is 0.298. The van der Waals surface area contributed by atoms with E-state index in [4.69, 9.17) is 0 Å². The summed E-state index contributed by atoms with van der Waals surface area (Å²) < 4.78 is 0. The first-order valence-electron chi connectivity index (χ1n) is 8.14. The molecule has 0 bridgehead atoms. The van der Waals surface area contributed by atoms with Crippen LogP contribution in [0.25, 0.3) is 0 Å². The summed E-state index contributed by atoms with van der Waals surface area (Å²) in [5.41, 5.74) is 1.52. The highest BCUT2D eigenvalue weighted by Gasteiger charge is 2.23. The smallest absolute Gasteiger partial charge is 0.00178 e. The fourth-order valence-electron chi connectivity index (χ4n) is 3.38. The van der Waals surface area contributed by atoms with Crippen LogP contribution in [0.15, 0.2) is 30.3 Å². The van der Waals surface area contributed by atoms with E-state index in [1.807, 2.05) is 0 Å². The van der Waals surface area contributed by atoms with Crippen LogP contribution in [0.3, 0.4) is 0 Å². The number of nitrogens with one attached hydrogen (secondary N) is 1. The maximum atomic E-state index is 3.65. The first-order valence-corrected chi connectivity index (χ1v) is 8.14. The third-order valence-corrected chi connectivity index (χ3v) is 4.49. The van der Waals surface area contributed by atoms with Crippen molar-refractivity contribution in [3.63, 3.8) is 0 Å². The number of hydrogen-bond acceptors (Lipinski definition) is 1. The molecule has 1 aromatic rings. The monoisotopic (exact) mass is 259 g/mol. The number of hydrogen-bond donors (Lipinski definition) is 1. The molecule has 2 rings (SSSR count). The molecule has 0 amide bonds. The number of rotatable bonds is 6. The van der Waals surface area contributed by atoms with Gasteiger partial charge in [0.2, 0.25) is 0 Å². The van der Waals surface area contributed by atoms with Crippen molar-refractivity contribution in [1.82, 2.24) is 5.32 Å². The van der Waals surface area contributed by atoms with E-state index in [1.54, 1.807) is 0 Å². The van der Waals surface area contributed by atoms with Crippen LogP contribution in [0.5, 0.6) is 0 Å². The molecular weight excluding hydrogens is 230 g/mol. The van der Waals surface area contributed by atoms with Gasteiger partial charge in [0.1, 0.15) is 0 Å². The quantitative estimate of drug-likeness (QED) is 0.589. The molecule has 2 unspecified atom stereocenters. The Morgan fingerprint density at radius 1 is 1.00 bits per heavy atom. The van der Waals surface area contributed by atoms with Gasteiger partial charge >= 0.3 is 0 Å². The molecule has 0 aliphatic heterocycles. The summed E-state index contributed by atoms with van der Waals surface area (Å²) >= 11 is 0. The Morgan fingerprint density at radius 3 is 2.47 bits per heavy atom. The molecule has 1 fully saturated rings. The van der Waals surface area contributed by atoms with Crippen LogP contribution < -0.4 is 5.32 Å². The van der Waals surface area contributed by atoms with E-state index in [1.165, 1.54) is 63.6 Å². The number of benzene rings is 1. The molecular formula is C18H29N. The molecule has 1 aliphatic carbocycles. The van der Waals surface area contributed by atoms with Crippen molar-refractivity contribution in [3.8, 4) is 0 Å². The Balaban J connectivity index is 1.92. The molecule has 1 aromatic carbocycles. The van der Waals surface area contributed by atoms with Crippen LogP contribution in [0.2, 0.25) is 0 Å². The van der Waals surface area contributed by atoms with E-state index in [-0.39, 0.29) is 0 Å². The summed E-state index contributed by atoms with van der Waals surface area (Å²) in [5.74, 6) is 1.77. The van der Waals surface area contributed by atoms with Crippen molar-refractivity contribution in [2.75, 3.05) is 13.1 Å². The molecule has 1 aliphatic rings. The molecule has 1 heteroatoms. The van der Waals surface area contributed by atoms with E-state index in [0.717, 1.165) is 11.8 Å². The fraction of sp³-hybridized carbons (Fsp3) is 0.667. The van der Waals surface area contributed by atoms with Gasteiger partial charge in [0.15, 0.2) is 0 Å². The topological polar surface area (TPSA) is 12.0 Å². The van der Waals surface area contributed by atoms with Gasteiger partial charge in [-0.1, -0.05) is 56.5 Å². The van der Waals surface area contributed by atoms with Crippen LogP contribution in [0.4, 0.5) is 0 Å². The minimum absolute atomic E-state index is 0.884. The summed E-state index contributed by atoms with van der Waals surface area (Å²) in [6.45, 7) is 4.65. The second-order valence-electron chi connectivity index (χ2n) is 6.05. The van der Waals surface area contributed by atoms with E-state index in [9.17, 15) is 0 Å². The fourth-order valence-corrected chi connectivity index (χ4v) is 3.38. The minimum atomic E-state index is 0.884. The van der Waals surface area contributed by atoms with Gasteiger partial charge in [-0.2, -0.15) is 0 Å². The average Bonchev–Trinajstić information content (AvgIpc) is 2.66. The molecule has 0 saturated heterocycles. The lowest BCUT2D eigenvalue weighted by Crippen LogP contribution is -2.29. The van der Waals surface area contributed by atoms with Crippen molar-refractivity contribution in [2.45, 2.75) is 51.9 Å². The predicted molar refractivity (Wildman–Crippen MR) is 83.4 cm³/mol. The zero-order valence-electron chi connectivity index (χ0n) is 12.4. The Kier molecular flexibility index (Phi) is 6.43. The molecule has 106 valence electrons. The van der Waals surface area contributed by atoms with Crippen LogP contribution >= 0.6 is 0 Å². The van der Waals surface area contributed by atoms with Gasteiger partial charge in [-0.3, -0.25) is 0 Å². The Bertz CT molecular complexity index is 333. The standard InChI is InChI=1S/C18H29N/c1-2-13-19-15-18-12-8-4-7-11-17(18)14-16-9-5-3-6-10-16/h3,5-6,9-10,17-19H,2,4,7-8,11-15H2,1H3. The van der Waals surface area contributed by atoms with Gasteiger partial charge in [-0.15, -0.1) is 0 Å². The van der Waals surface area contributed by atoms with E-state index in [0.29, 0.717) is 0 Å². The molecule has 0 aromatic heterocycles. The Morgan fingerprint density at radius 2 is 1.74 bits per heavy atom. The zero-order valence-corrected chi connectivity index (χ0v) is 12.4. The average molecular weight is 259 g/mol. The Labute approximate surface area is 118 Å². The van der Waals surface area contributed by atoms with E-state index >= 15 is 0 Å². The van der Waals surface area contributed by atoms with E-state index < -0.39 is 0 Å². The lowest BCUT2D eigenvalue weighted by Gasteiger charge is -2.25. The molecule has 0 spiro atoms. The van der Waals surface area contributed by atoms with Gasteiger partial charge in [-0.05, 0) is 56.2 Å². The second kappa shape index (κ2) is 8.37. The van der Waals surface area contributed by atoms with Gasteiger partial charge in [0.25, 0.3) is 0 Å². The molecule has 19 heavy (non-hydrogen) atoms. The summed E-state index contributed by atoms with van der Waals surface area (Å²) in [7, 11) is 0. The summed E-state index contributed by atoms with van der Waals surface area (Å²) in [6, 6.07) is 11.1. The van der Waals surface area contributed by atoms with Crippen molar-refractivity contribution >= 4 is 0 Å². The van der Waals surface area contributed by atoms with Crippen LogP contribution in [0, 0.1) is 11.8 Å². The van der Waals surface area contributed by atoms with E-state index in [2.05, 4.69) is 42.6 Å². The second-order valence-corrected chi connectivity index (χ2v) is 6.05. The normalized spacial score (nSPS) is 24.1. The highest BCUT2D eigenvalue weighted by Crippen LogP contribution is 2.31. The van der Waals surface area contributed by atoms with Crippen molar-refractivity contribution < 1.29 is 0 Å². The predicted octanol–water partition coefficient (Wildman–Crippen LogP) is 4.43. The molecule has 1 N–H and O–H groups in total. The maximum Gasteiger partial charge on any atom is -0.00178 e. The van der Waals surface area contributed by atoms with Crippen LogP contribution in [-0.2, 0) is 6.42 Å². The van der Waals surface area contributed by atoms with Crippen molar-refractivity contribution in [2.24, 2.45) is 11.8 Å². The lowest BCUT2D eigenvalue weighted by atomic mass is 9.83. The highest BCUT2D eigenvalue weighted by molar-refractivity contribution is 5.15. The molecule has 0 heterocycles. The van der Waals surface area contributed by atoms with Crippen molar-refractivity contribution in [3.05, 3.63) is 35.9 Å². The van der Waals surface area contributed by atoms with Crippen LogP contribution in [0.1, 0.15) is 51.0 Å². The van der Waals surface area contributed by atoms with Gasteiger partial charge in [0.05, 0.1) is 0 Å². The Hall–Kier alpha value is -0.820. The first kappa shape index (κ1) is 14.6. The molecule has 2 atom stereocenters. The molecule has 1 saturated carbocycles.